The number of pyridine rings is 1. The van der Waals surface area contributed by atoms with Crippen molar-refractivity contribution in [3.8, 4) is 11.4 Å². The summed E-state index contributed by atoms with van der Waals surface area (Å²) < 4.78 is 26.0. The number of aromatic nitrogens is 3. The fraction of sp³-hybridized carbons (Fsp3) is 0.188. The maximum atomic E-state index is 14.6. The second-order valence-electron chi connectivity index (χ2n) is 5.39. The van der Waals surface area contributed by atoms with Gasteiger partial charge in [-0.2, -0.15) is 4.68 Å². The van der Waals surface area contributed by atoms with Crippen LogP contribution in [-0.4, -0.2) is 38.3 Å². The van der Waals surface area contributed by atoms with E-state index in [2.05, 4.69) is 9.84 Å². The molecule has 28 heavy (non-hydrogen) atoms. The highest BCUT2D eigenvalue weighted by Gasteiger charge is 2.24. The summed E-state index contributed by atoms with van der Waals surface area (Å²) >= 11 is 5.83. The van der Waals surface area contributed by atoms with Gasteiger partial charge in [0.05, 0.1) is 16.6 Å². The predicted molar refractivity (Wildman–Crippen MR) is 94.5 cm³/mol. The number of carbonyl (C=O) groups excluding carboxylic acids is 1. The maximum absolute atomic E-state index is 14.6. The molecule has 0 aliphatic carbocycles. The molecule has 0 saturated heterocycles. The molecule has 1 aromatic carbocycles. The third kappa shape index (κ3) is 3.64. The van der Waals surface area contributed by atoms with Crippen molar-refractivity contribution in [3.63, 3.8) is 0 Å². The van der Waals surface area contributed by atoms with Crippen LogP contribution in [-0.2, 0) is 9.53 Å². The highest BCUT2D eigenvalue weighted by molar-refractivity contribution is 6.30. The van der Waals surface area contributed by atoms with Crippen LogP contribution in [0.4, 0.5) is 10.1 Å². The first-order valence-electron chi connectivity index (χ1n) is 7.85. The highest BCUT2D eigenvalue weighted by atomic mass is 35.5. The van der Waals surface area contributed by atoms with Gasteiger partial charge in [-0.15, -0.1) is 5.10 Å². The van der Waals surface area contributed by atoms with Crippen LogP contribution in [0.25, 0.3) is 11.3 Å². The molecule has 2 heterocycles. The minimum absolute atomic E-state index is 0.0956. The minimum Gasteiger partial charge on any atom is -0.475 e. The zero-order valence-electron chi connectivity index (χ0n) is 14.3. The topological polar surface area (TPSA) is 118 Å². The molecular formula is C16H12ClFN4O6. The third-order valence-corrected chi connectivity index (χ3v) is 3.81. The smallest absolute Gasteiger partial charge is 0.355 e. The predicted octanol–water partition coefficient (Wildman–Crippen LogP) is 2.13. The molecule has 0 fully saturated rings. The number of ether oxygens (including phenoxy) is 2. The molecule has 0 radical (unpaired) electrons. The molecule has 0 unspecified atom stereocenters. The van der Waals surface area contributed by atoms with Crippen LogP contribution in [0.15, 0.2) is 35.3 Å². The van der Waals surface area contributed by atoms with Gasteiger partial charge in [0.1, 0.15) is 5.69 Å². The number of nitrogens with zero attached hydrogens (tertiary/aromatic N) is 4. The number of nitro groups is 1. The standard InChI is InChI=1S/C16H12ClFN4O6/c1-2-27-15(23)8-28-13-5-10(18)11(6-12(13)22(25)26)21-16(24)20-7-9(17)3-4-14(20)19-21/h3-7H,2,8H2,1H3. The highest BCUT2D eigenvalue weighted by Crippen LogP contribution is 2.31. The van der Waals surface area contributed by atoms with Gasteiger partial charge in [-0.05, 0) is 19.1 Å². The summed E-state index contributed by atoms with van der Waals surface area (Å²) in [5.74, 6) is -2.27. The number of fused-ring (bicyclic) bond motifs is 1. The van der Waals surface area contributed by atoms with E-state index in [9.17, 15) is 24.1 Å². The first kappa shape index (κ1) is 19.3. The molecule has 0 aliphatic heterocycles. The van der Waals surface area contributed by atoms with Gasteiger partial charge in [0.2, 0.25) is 5.75 Å². The van der Waals surface area contributed by atoms with Crippen molar-refractivity contribution in [2.75, 3.05) is 13.2 Å². The molecule has 3 aromatic rings. The number of benzene rings is 1. The maximum Gasteiger partial charge on any atom is 0.355 e. The van der Waals surface area contributed by atoms with Crippen molar-refractivity contribution in [1.29, 1.82) is 0 Å². The number of hydrogen-bond donors (Lipinski definition) is 0. The van der Waals surface area contributed by atoms with E-state index in [1.807, 2.05) is 0 Å². The minimum atomic E-state index is -1.01. The first-order valence-corrected chi connectivity index (χ1v) is 8.23. The quantitative estimate of drug-likeness (QED) is 0.347. The summed E-state index contributed by atoms with van der Waals surface area (Å²) in [5.41, 5.74) is -1.72. The van der Waals surface area contributed by atoms with Crippen LogP contribution >= 0.6 is 11.6 Å². The monoisotopic (exact) mass is 410 g/mol. The second kappa shape index (κ2) is 7.64. The summed E-state index contributed by atoms with van der Waals surface area (Å²) in [6.45, 7) is 1.03. The van der Waals surface area contributed by atoms with Crippen LogP contribution in [0.3, 0.4) is 0 Å². The summed E-state index contributed by atoms with van der Waals surface area (Å²) in [7, 11) is 0. The lowest BCUT2D eigenvalue weighted by atomic mass is 10.2. The Kier molecular flexibility index (Phi) is 5.27. The van der Waals surface area contributed by atoms with Gasteiger partial charge < -0.3 is 9.47 Å². The Balaban J connectivity index is 2.07. The molecule has 0 saturated carbocycles. The van der Waals surface area contributed by atoms with E-state index in [-0.39, 0.29) is 17.3 Å². The van der Waals surface area contributed by atoms with Gasteiger partial charge in [-0.25, -0.2) is 18.4 Å². The van der Waals surface area contributed by atoms with Gasteiger partial charge >= 0.3 is 17.3 Å². The van der Waals surface area contributed by atoms with Gasteiger partial charge in [-0.3, -0.25) is 10.1 Å². The fourth-order valence-corrected chi connectivity index (χ4v) is 2.56. The van der Waals surface area contributed by atoms with Crippen molar-refractivity contribution < 1.29 is 23.6 Å². The average molecular weight is 411 g/mol. The fourth-order valence-electron chi connectivity index (χ4n) is 2.40. The summed E-state index contributed by atoms with van der Waals surface area (Å²) in [5, 5.41) is 15.5. The Morgan fingerprint density at radius 2 is 2.14 bits per heavy atom. The Hall–Kier alpha value is -3.47. The van der Waals surface area contributed by atoms with Gasteiger partial charge in [0.25, 0.3) is 0 Å². The normalized spacial score (nSPS) is 10.8. The zero-order valence-corrected chi connectivity index (χ0v) is 15.1. The summed E-state index contributed by atoms with van der Waals surface area (Å²) in [6.07, 6.45) is 1.28. The molecule has 3 rings (SSSR count). The van der Waals surface area contributed by atoms with Crippen molar-refractivity contribution in [2.24, 2.45) is 0 Å². The van der Waals surface area contributed by atoms with Crippen LogP contribution in [0.2, 0.25) is 5.02 Å². The Labute approximate surface area is 160 Å². The lowest BCUT2D eigenvalue weighted by Crippen LogP contribution is -2.21. The molecule has 0 aliphatic rings. The van der Waals surface area contributed by atoms with Crippen LogP contribution in [0.1, 0.15) is 6.92 Å². The molecule has 12 heteroatoms. The van der Waals surface area contributed by atoms with Gasteiger partial charge in [0, 0.05) is 18.3 Å². The zero-order chi connectivity index (χ0) is 20.4. The van der Waals surface area contributed by atoms with Crippen molar-refractivity contribution >= 4 is 28.9 Å². The molecule has 0 bridgehead atoms. The van der Waals surface area contributed by atoms with Crippen molar-refractivity contribution in [3.05, 3.63) is 61.9 Å². The Morgan fingerprint density at radius 1 is 1.39 bits per heavy atom. The van der Waals surface area contributed by atoms with E-state index >= 15 is 0 Å². The lowest BCUT2D eigenvalue weighted by molar-refractivity contribution is -0.385. The Morgan fingerprint density at radius 3 is 2.82 bits per heavy atom. The van der Waals surface area contributed by atoms with E-state index < -0.39 is 46.1 Å². The van der Waals surface area contributed by atoms with E-state index in [1.165, 1.54) is 18.3 Å². The number of rotatable bonds is 6. The van der Waals surface area contributed by atoms with Gasteiger partial charge in [0.15, 0.2) is 18.1 Å². The number of nitro benzene ring substituents is 1. The molecule has 0 N–H and O–H groups in total. The lowest BCUT2D eigenvalue weighted by Gasteiger charge is -2.08. The SMILES string of the molecule is CCOC(=O)COc1cc(F)c(-n2nc3ccc(Cl)cn3c2=O)cc1[N+](=O)[O-]. The molecule has 0 spiro atoms. The van der Waals surface area contributed by atoms with Crippen LogP contribution < -0.4 is 10.4 Å². The molecular weight excluding hydrogens is 399 g/mol. The molecule has 146 valence electrons. The molecule has 0 amide bonds. The first-order chi connectivity index (χ1) is 13.3. The number of carbonyl (C=O) groups is 1. The average Bonchev–Trinajstić information content (AvgIpc) is 2.96. The number of esters is 1. The number of halogens is 2. The third-order valence-electron chi connectivity index (χ3n) is 3.58. The van der Waals surface area contributed by atoms with E-state index in [1.54, 1.807) is 6.92 Å². The number of hydrogen-bond acceptors (Lipinski definition) is 7. The molecule has 2 aromatic heterocycles. The van der Waals surface area contributed by atoms with Crippen LogP contribution in [0.5, 0.6) is 5.75 Å². The van der Waals surface area contributed by atoms with Crippen LogP contribution in [0, 0.1) is 15.9 Å². The van der Waals surface area contributed by atoms with E-state index in [0.29, 0.717) is 10.7 Å². The second-order valence-corrected chi connectivity index (χ2v) is 5.83. The van der Waals surface area contributed by atoms with Gasteiger partial charge in [-0.1, -0.05) is 11.6 Å². The largest absolute Gasteiger partial charge is 0.475 e. The Bertz CT molecular complexity index is 1140. The molecule has 10 nitrogen and oxygen atoms in total. The van der Waals surface area contributed by atoms with E-state index in [0.717, 1.165) is 10.5 Å². The van der Waals surface area contributed by atoms with Crippen molar-refractivity contribution in [1.82, 2.24) is 14.2 Å². The summed E-state index contributed by atoms with van der Waals surface area (Å²) in [4.78, 5) is 34.3. The summed E-state index contributed by atoms with van der Waals surface area (Å²) in [6, 6.07) is 4.42. The van der Waals surface area contributed by atoms with Crippen molar-refractivity contribution in [2.45, 2.75) is 6.92 Å². The van der Waals surface area contributed by atoms with E-state index in [4.69, 9.17) is 16.3 Å². The molecule has 0 atom stereocenters.